The number of rotatable bonds is 7. The van der Waals surface area contributed by atoms with Crippen LogP contribution in [-0.4, -0.2) is 11.8 Å². The molecule has 1 aromatic rings. The highest BCUT2D eigenvalue weighted by Gasteiger charge is 2.11. The summed E-state index contributed by atoms with van der Waals surface area (Å²) in [5, 5.41) is 0.826. The first kappa shape index (κ1) is 14.9. The van der Waals surface area contributed by atoms with Crippen LogP contribution >= 0.6 is 23.4 Å². The third-order valence-electron chi connectivity index (χ3n) is 3.08. The van der Waals surface area contributed by atoms with Gasteiger partial charge in [0, 0.05) is 16.7 Å². The quantitative estimate of drug-likeness (QED) is 0.735. The van der Waals surface area contributed by atoms with Crippen LogP contribution in [-0.2, 0) is 0 Å². The first-order valence-corrected chi connectivity index (χ1v) is 7.66. The van der Waals surface area contributed by atoms with E-state index in [-0.39, 0.29) is 6.04 Å². The molecule has 0 fully saturated rings. The van der Waals surface area contributed by atoms with E-state index in [0.29, 0.717) is 0 Å². The first-order valence-electron chi connectivity index (χ1n) is 6.30. The molecule has 96 valence electrons. The summed E-state index contributed by atoms with van der Waals surface area (Å²) in [6.07, 6.45) is 3.56. The summed E-state index contributed by atoms with van der Waals surface area (Å²) in [6.45, 7) is 4.48. The molecule has 0 heterocycles. The van der Waals surface area contributed by atoms with E-state index < -0.39 is 0 Å². The Morgan fingerprint density at radius 2 is 1.88 bits per heavy atom. The lowest BCUT2D eigenvalue weighted by atomic mass is 9.96. The maximum atomic E-state index is 6.16. The summed E-state index contributed by atoms with van der Waals surface area (Å²) in [4.78, 5) is 1.13. The molecule has 0 aliphatic rings. The molecule has 0 radical (unpaired) electrons. The molecule has 0 saturated heterocycles. The standard InChI is InChI=1S/C14H22ClNS/c1-3-11(4-2)9-12(16)10-17-14-8-6-5-7-13(14)15/h5-8,11-12H,3-4,9-10,16H2,1-2H3. The largest absolute Gasteiger partial charge is 0.327 e. The van der Waals surface area contributed by atoms with Gasteiger partial charge in [0.15, 0.2) is 0 Å². The van der Waals surface area contributed by atoms with Crippen LogP contribution in [0.5, 0.6) is 0 Å². The maximum absolute atomic E-state index is 6.16. The second-order valence-corrected chi connectivity index (χ2v) is 5.89. The fourth-order valence-corrected chi connectivity index (χ4v) is 3.09. The summed E-state index contributed by atoms with van der Waals surface area (Å²) >= 11 is 7.87. The molecule has 17 heavy (non-hydrogen) atoms. The molecule has 0 spiro atoms. The van der Waals surface area contributed by atoms with Gasteiger partial charge in [-0.05, 0) is 24.5 Å². The van der Waals surface area contributed by atoms with Crippen molar-refractivity contribution in [3.63, 3.8) is 0 Å². The van der Waals surface area contributed by atoms with Crippen molar-refractivity contribution < 1.29 is 0 Å². The lowest BCUT2D eigenvalue weighted by molar-refractivity contribution is 0.424. The Morgan fingerprint density at radius 3 is 2.47 bits per heavy atom. The van der Waals surface area contributed by atoms with Crippen molar-refractivity contribution in [3.8, 4) is 0 Å². The van der Waals surface area contributed by atoms with Gasteiger partial charge >= 0.3 is 0 Å². The Kier molecular flexibility index (Phi) is 7.02. The van der Waals surface area contributed by atoms with Gasteiger partial charge in [-0.25, -0.2) is 0 Å². The van der Waals surface area contributed by atoms with Crippen molar-refractivity contribution in [2.75, 3.05) is 5.75 Å². The number of benzene rings is 1. The normalized spacial score (nSPS) is 13.0. The van der Waals surface area contributed by atoms with E-state index >= 15 is 0 Å². The number of hydrogen-bond donors (Lipinski definition) is 1. The molecule has 1 unspecified atom stereocenters. The summed E-state index contributed by atoms with van der Waals surface area (Å²) < 4.78 is 0. The van der Waals surface area contributed by atoms with Gasteiger partial charge in [-0.3, -0.25) is 0 Å². The minimum Gasteiger partial charge on any atom is -0.327 e. The Balaban J connectivity index is 2.38. The van der Waals surface area contributed by atoms with Crippen molar-refractivity contribution in [3.05, 3.63) is 29.3 Å². The van der Waals surface area contributed by atoms with Crippen molar-refractivity contribution in [2.45, 2.75) is 44.0 Å². The predicted octanol–water partition coefficient (Wildman–Crippen LogP) is 4.59. The van der Waals surface area contributed by atoms with Crippen molar-refractivity contribution in [2.24, 2.45) is 11.7 Å². The second-order valence-electron chi connectivity index (χ2n) is 4.42. The van der Waals surface area contributed by atoms with E-state index in [4.69, 9.17) is 17.3 Å². The smallest absolute Gasteiger partial charge is 0.0541 e. The third kappa shape index (κ3) is 5.33. The zero-order valence-electron chi connectivity index (χ0n) is 10.7. The molecule has 1 nitrogen and oxygen atoms in total. The average Bonchev–Trinajstić information content (AvgIpc) is 2.35. The summed E-state index contributed by atoms with van der Waals surface area (Å²) in [7, 11) is 0. The van der Waals surface area contributed by atoms with Gasteiger partial charge in [-0.15, -0.1) is 11.8 Å². The van der Waals surface area contributed by atoms with E-state index in [1.54, 1.807) is 11.8 Å². The second kappa shape index (κ2) is 8.02. The summed E-state index contributed by atoms with van der Waals surface area (Å²) in [6, 6.07) is 8.21. The number of thioether (sulfide) groups is 1. The van der Waals surface area contributed by atoms with Crippen LogP contribution in [0.2, 0.25) is 5.02 Å². The minimum atomic E-state index is 0.265. The number of hydrogen-bond acceptors (Lipinski definition) is 2. The molecular weight excluding hydrogens is 250 g/mol. The molecule has 0 aliphatic heterocycles. The van der Waals surface area contributed by atoms with Crippen molar-refractivity contribution in [1.82, 2.24) is 0 Å². The van der Waals surface area contributed by atoms with Crippen LogP contribution < -0.4 is 5.73 Å². The Labute approximate surface area is 114 Å². The summed E-state index contributed by atoms with van der Waals surface area (Å²) in [5.74, 6) is 1.71. The molecule has 1 rings (SSSR count). The Bertz CT molecular complexity index is 326. The molecular formula is C14H22ClNS. The van der Waals surface area contributed by atoms with E-state index in [1.807, 2.05) is 18.2 Å². The average molecular weight is 272 g/mol. The molecule has 0 amide bonds. The van der Waals surface area contributed by atoms with Crippen LogP contribution in [0.15, 0.2) is 29.2 Å². The lowest BCUT2D eigenvalue weighted by Gasteiger charge is -2.18. The van der Waals surface area contributed by atoms with Gasteiger partial charge in [-0.2, -0.15) is 0 Å². The highest BCUT2D eigenvalue weighted by Crippen LogP contribution is 2.27. The van der Waals surface area contributed by atoms with Gasteiger partial charge in [0.2, 0.25) is 0 Å². The lowest BCUT2D eigenvalue weighted by Crippen LogP contribution is -2.25. The zero-order valence-corrected chi connectivity index (χ0v) is 12.2. The molecule has 3 heteroatoms. The Morgan fingerprint density at radius 1 is 1.24 bits per heavy atom. The van der Waals surface area contributed by atoms with Gasteiger partial charge < -0.3 is 5.73 Å². The number of halogens is 1. The fraction of sp³-hybridized carbons (Fsp3) is 0.571. The van der Waals surface area contributed by atoms with Crippen LogP contribution in [0.4, 0.5) is 0 Å². The molecule has 2 N–H and O–H groups in total. The molecule has 1 atom stereocenters. The van der Waals surface area contributed by atoms with E-state index in [9.17, 15) is 0 Å². The van der Waals surface area contributed by atoms with E-state index in [2.05, 4.69) is 19.9 Å². The predicted molar refractivity (Wildman–Crippen MR) is 78.8 cm³/mol. The highest BCUT2D eigenvalue weighted by molar-refractivity contribution is 7.99. The molecule has 0 aliphatic carbocycles. The monoisotopic (exact) mass is 271 g/mol. The van der Waals surface area contributed by atoms with Crippen molar-refractivity contribution >= 4 is 23.4 Å². The van der Waals surface area contributed by atoms with Gasteiger partial charge in [-0.1, -0.05) is 50.4 Å². The molecule has 1 aromatic carbocycles. The first-order chi connectivity index (χ1) is 8.17. The van der Waals surface area contributed by atoms with Crippen LogP contribution in [0.25, 0.3) is 0 Å². The van der Waals surface area contributed by atoms with Crippen molar-refractivity contribution in [1.29, 1.82) is 0 Å². The summed E-state index contributed by atoms with van der Waals surface area (Å²) in [5.41, 5.74) is 6.16. The van der Waals surface area contributed by atoms with Gasteiger partial charge in [0.05, 0.1) is 5.02 Å². The van der Waals surface area contributed by atoms with E-state index in [1.165, 1.54) is 12.8 Å². The highest BCUT2D eigenvalue weighted by atomic mass is 35.5. The SMILES string of the molecule is CCC(CC)CC(N)CSc1ccccc1Cl. The maximum Gasteiger partial charge on any atom is 0.0541 e. The van der Waals surface area contributed by atoms with Crippen LogP contribution in [0.1, 0.15) is 33.1 Å². The molecule has 0 aromatic heterocycles. The minimum absolute atomic E-state index is 0.265. The third-order valence-corrected chi connectivity index (χ3v) is 4.78. The molecule has 0 bridgehead atoms. The molecule has 0 saturated carbocycles. The van der Waals surface area contributed by atoms with Crippen LogP contribution in [0, 0.1) is 5.92 Å². The fourth-order valence-electron chi connectivity index (χ4n) is 1.88. The Hall–Kier alpha value is -0.180. The zero-order chi connectivity index (χ0) is 12.7. The van der Waals surface area contributed by atoms with Gasteiger partial charge in [0.25, 0.3) is 0 Å². The van der Waals surface area contributed by atoms with E-state index in [0.717, 1.165) is 28.0 Å². The van der Waals surface area contributed by atoms with Crippen LogP contribution in [0.3, 0.4) is 0 Å². The van der Waals surface area contributed by atoms with Gasteiger partial charge in [0.1, 0.15) is 0 Å². The topological polar surface area (TPSA) is 26.0 Å². The number of nitrogens with two attached hydrogens (primary N) is 1.